The van der Waals surface area contributed by atoms with Crippen LogP contribution in [0.15, 0.2) is 36.8 Å². The Morgan fingerprint density at radius 1 is 1.10 bits per heavy atom. The molecule has 0 amide bonds. The number of aromatic amines is 1. The van der Waals surface area contributed by atoms with Gasteiger partial charge in [0.15, 0.2) is 5.65 Å². The van der Waals surface area contributed by atoms with Gasteiger partial charge in [-0.15, -0.1) is 0 Å². The Morgan fingerprint density at radius 3 is 2.85 bits per heavy atom. The molecule has 1 aliphatic rings. The topological polar surface area (TPSA) is 70.6 Å². The maximum Gasteiger partial charge on any atom is 0.225 e. The first-order chi connectivity index (χ1) is 9.92. The Bertz CT molecular complexity index is 723. The van der Waals surface area contributed by atoms with E-state index in [2.05, 4.69) is 36.1 Å². The van der Waals surface area contributed by atoms with E-state index in [-0.39, 0.29) is 0 Å². The van der Waals surface area contributed by atoms with Crippen LogP contribution in [0.2, 0.25) is 0 Å². The SMILES string of the molecule is c1cnc(N2CCC(c3[nH]nc4ncccc34)C2)nc1. The van der Waals surface area contributed by atoms with Crippen LogP contribution in [0.5, 0.6) is 0 Å². The lowest BCUT2D eigenvalue weighted by atomic mass is 10.0. The molecular weight excluding hydrogens is 252 g/mol. The molecule has 1 atom stereocenters. The molecule has 6 heteroatoms. The molecule has 0 saturated carbocycles. The lowest BCUT2D eigenvalue weighted by molar-refractivity contribution is 0.742. The van der Waals surface area contributed by atoms with Gasteiger partial charge in [-0.1, -0.05) is 0 Å². The van der Waals surface area contributed by atoms with Crippen LogP contribution in [0.1, 0.15) is 18.0 Å². The van der Waals surface area contributed by atoms with Gasteiger partial charge in [-0.2, -0.15) is 5.10 Å². The Balaban J connectivity index is 1.62. The van der Waals surface area contributed by atoms with Crippen molar-refractivity contribution in [1.29, 1.82) is 0 Å². The third-order valence-electron chi connectivity index (χ3n) is 3.79. The second-order valence-electron chi connectivity index (χ2n) is 4.99. The fourth-order valence-corrected chi connectivity index (χ4v) is 2.81. The van der Waals surface area contributed by atoms with Gasteiger partial charge in [-0.3, -0.25) is 5.10 Å². The molecule has 1 N–H and O–H groups in total. The van der Waals surface area contributed by atoms with Crippen molar-refractivity contribution in [2.45, 2.75) is 12.3 Å². The van der Waals surface area contributed by atoms with Crippen molar-refractivity contribution in [3.05, 3.63) is 42.5 Å². The molecule has 20 heavy (non-hydrogen) atoms. The van der Waals surface area contributed by atoms with Crippen molar-refractivity contribution in [3.8, 4) is 0 Å². The van der Waals surface area contributed by atoms with Gasteiger partial charge in [0.1, 0.15) is 0 Å². The van der Waals surface area contributed by atoms with Gasteiger partial charge in [0.05, 0.1) is 0 Å². The van der Waals surface area contributed by atoms with E-state index >= 15 is 0 Å². The van der Waals surface area contributed by atoms with Crippen LogP contribution in [0.4, 0.5) is 5.95 Å². The molecule has 1 aliphatic heterocycles. The van der Waals surface area contributed by atoms with Crippen LogP contribution in [0.3, 0.4) is 0 Å². The van der Waals surface area contributed by atoms with Crippen LogP contribution in [-0.4, -0.2) is 38.2 Å². The molecule has 0 aromatic carbocycles. The van der Waals surface area contributed by atoms with E-state index in [4.69, 9.17) is 0 Å². The molecule has 1 saturated heterocycles. The zero-order chi connectivity index (χ0) is 13.4. The van der Waals surface area contributed by atoms with Crippen molar-refractivity contribution < 1.29 is 0 Å². The summed E-state index contributed by atoms with van der Waals surface area (Å²) < 4.78 is 0. The molecule has 3 aromatic rings. The zero-order valence-electron chi connectivity index (χ0n) is 10.9. The van der Waals surface area contributed by atoms with E-state index in [1.54, 1.807) is 18.6 Å². The highest BCUT2D eigenvalue weighted by atomic mass is 15.3. The van der Waals surface area contributed by atoms with Gasteiger partial charge < -0.3 is 4.90 Å². The molecule has 6 nitrogen and oxygen atoms in total. The largest absolute Gasteiger partial charge is 0.340 e. The number of pyridine rings is 1. The Kier molecular flexibility index (Phi) is 2.58. The minimum atomic E-state index is 0.424. The van der Waals surface area contributed by atoms with E-state index < -0.39 is 0 Å². The summed E-state index contributed by atoms with van der Waals surface area (Å²) in [6.07, 6.45) is 6.41. The zero-order valence-corrected chi connectivity index (χ0v) is 10.9. The lowest BCUT2D eigenvalue weighted by Crippen LogP contribution is -2.21. The van der Waals surface area contributed by atoms with Crippen molar-refractivity contribution in [2.24, 2.45) is 0 Å². The summed E-state index contributed by atoms with van der Waals surface area (Å²) in [5.41, 5.74) is 1.96. The Hall–Kier alpha value is -2.50. The summed E-state index contributed by atoms with van der Waals surface area (Å²) in [6.45, 7) is 1.88. The molecular formula is C14H14N6. The predicted molar refractivity (Wildman–Crippen MR) is 75.5 cm³/mol. The predicted octanol–water partition coefficient (Wildman–Crippen LogP) is 1.74. The molecule has 0 bridgehead atoms. The minimum Gasteiger partial charge on any atom is -0.340 e. The summed E-state index contributed by atoms with van der Waals surface area (Å²) in [4.78, 5) is 15.1. The molecule has 4 heterocycles. The molecule has 0 spiro atoms. The molecule has 3 aromatic heterocycles. The van der Waals surface area contributed by atoms with Crippen molar-refractivity contribution in [3.63, 3.8) is 0 Å². The van der Waals surface area contributed by atoms with Crippen LogP contribution < -0.4 is 4.90 Å². The number of H-pyrrole nitrogens is 1. The number of nitrogens with zero attached hydrogens (tertiary/aromatic N) is 5. The maximum atomic E-state index is 4.32. The average Bonchev–Trinajstić information content (AvgIpc) is 3.14. The molecule has 0 aliphatic carbocycles. The summed E-state index contributed by atoms with van der Waals surface area (Å²) in [7, 11) is 0. The maximum absolute atomic E-state index is 4.32. The van der Waals surface area contributed by atoms with Gasteiger partial charge in [-0.25, -0.2) is 15.0 Å². The normalized spacial score (nSPS) is 18.8. The first kappa shape index (κ1) is 11.3. The number of aromatic nitrogens is 5. The van der Waals surface area contributed by atoms with Crippen molar-refractivity contribution >= 4 is 17.0 Å². The van der Waals surface area contributed by atoms with Crippen molar-refractivity contribution in [2.75, 3.05) is 18.0 Å². The smallest absolute Gasteiger partial charge is 0.225 e. The second kappa shape index (κ2) is 4.56. The van der Waals surface area contributed by atoms with Crippen LogP contribution in [0, 0.1) is 0 Å². The Morgan fingerprint density at radius 2 is 1.95 bits per heavy atom. The molecule has 1 unspecified atom stereocenters. The minimum absolute atomic E-state index is 0.424. The van der Waals surface area contributed by atoms with E-state index in [1.807, 2.05) is 12.1 Å². The summed E-state index contributed by atoms with van der Waals surface area (Å²) in [5.74, 6) is 1.23. The number of rotatable bonds is 2. The summed E-state index contributed by atoms with van der Waals surface area (Å²) in [5, 5.41) is 8.54. The Labute approximate surface area is 115 Å². The second-order valence-corrected chi connectivity index (χ2v) is 4.99. The number of fused-ring (bicyclic) bond motifs is 1. The fraction of sp³-hybridized carbons (Fsp3) is 0.286. The van der Waals surface area contributed by atoms with E-state index in [0.29, 0.717) is 5.92 Å². The van der Waals surface area contributed by atoms with Gasteiger partial charge in [-0.05, 0) is 24.6 Å². The number of hydrogen-bond donors (Lipinski definition) is 1. The van der Waals surface area contributed by atoms with Crippen LogP contribution in [0.25, 0.3) is 11.0 Å². The quantitative estimate of drug-likeness (QED) is 0.765. The van der Waals surface area contributed by atoms with Gasteiger partial charge in [0.2, 0.25) is 5.95 Å². The van der Waals surface area contributed by atoms with Crippen LogP contribution >= 0.6 is 0 Å². The van der Waals surface area contributed by atoms with E-state index in [0.717, 1.165) is 36.5 Å². The fourth-order valence-electron chi connectivity index (χ4n) is 2.81. The molecule has 1 fully saturated rings. The van der Waals surface area contributed by atoms with Crippen LogP contribution in [-0.2, 0) is 0 Å². The number of anilines is 1. The van der Waals surface area contributed by atoms with E-state index in [1.165, 1.54) is 5.69 Å². The number of hydrogen-bond acceptors (Lipinski definition) is 5. The highest BCUT2D eigenvalue weighted by Crippen LogP contribution is 2.31. The standard InChI is InChI=1S/C14H14N6/c1-3-11-12(18-19-13(11)15-5-1)10-4-8-20(9-10)14-16-6-2-7-17-14/h1-3,5-7,10H,4,8-9H2,(H,15,18,19). The van der Waals surface area contributed by atoms with Gasteiger partial charge in [0.25, 0.3) is 0 Å². The number of nitrogens with one attached hydrogen (secondary N) is 1. The monoisotopic (exact) mass is 266 g/mol. The van der Waals surface area contributed by atoms with E-state index in [9.17, 15) is 0 Å². The molecule has 100 valence electrons. The highest BCUT2D eigenvalue weighted by Gasteiger charge is 2.28. The first-order valence-corrected chi connectivity index (χ1v) is 6.73. The summed E-state index contributed by atoms with van der Waals surface area (Å²) in [6, 6.07) is 5.86. The first-order valence-electron chi connectivity index (χ1n) is 6.73. The van der Waals surface area contributed by atoms with Gasteiger partial charge >= 0.3 is 0 Å². The molecule has 4 rings (SSSR count). The van der Waals surface area contributed by atoms with Crippen molar-refractivity contribution in [1.82, 2.24) is 25.1 Å². The third-order valence-corrected chi connectivity index (χ3v) is 3.79. The van der Waals surface area contributed by atoms with Gasteiger partial charge in [0, 0.05) is 48.7 Å². The summed E-state index contributed by atoms with van der Waals surface area (Å²) >= 11 is 0. The highest BCUT2D eigenvalue weighted by molar-refractivity contribution is 5.78. The third kappa shape index (κ3) is 1.80. The average molecular weight is 266 g/mol. The molecule has 0 radical (unpaired) electrons. The lowest BCUT2D eigenvalue weighted by Gasteiger charge is -2.15.